The number of carbonyl (C=O) groups is 1. The molecule has 3 rings (SSSR count). The highest BCUT2D eigenvalue weighted by Crippen LogP contribution is 2.25. The summed E-state index contributed by atoms with van der Waals surface area (Å²) in [4.78, 5) is 24.7. The molecule has 0 aromatic heterocycles. The monoisotopic (exact) mass is 353 g/mol. The maximum atomic E-state index is 12.7. The summed E-state index contributed by atoms with van der Waals surface area (Å²) in [6.45, 7) is 3.63. The van der Waals surface area contributed by atoms with E-state index in [1.807, 2.05) is 31.2 Å². The first-order chi connectivity index (χ1) is 11.9. The molecule has 2 aromatic carbocycles. The van der Waals surface area contributed by atoms with E-state index in [0.29, 0.717) is 16.8 Å². The van der Waals surface area contributed by atoms with Gasteiger partial charge in [0.15, 0.2) is 5.11 Å². The minimum absolute atomic E-state index is 0.0118. The molecule has 1 aliphatic heterocycles. The Morgan fingerprint density at radius 3 is 2.48 bits per heavy atom. The summed E-state index contributed by atoms with van der Waals surface area (Å²) in [7, 11) is 0. The molecule has 0 bridgehead atoms. The maximum Gasteiger partial charge on any atom is 0.281 e. The molecule has 0 saturated carbocycles. The zero-order valence-corrected chi connectivity index (χ0v) is 14.5. The molecule has 6 nitrogen and oxygen atoms in total. The van der Waals surface area contributed by atoms with Crippen molar-refractivity contribution in [2.24, 2.45) is 0 Å². The number of nitro benzene ring substituents is 1. The number of rotatable bonds is 3. The molecule has 0 radical (unpaired) electrons. The first kappa shape index (κ1) is 16.8. The van der Waals surface area contributed by atoms with Gasteiger partial charge in [-0.25, -0.2) is 0 Å². The third-order valence-corrected chi connectivity index (χ3v) is 4.20. The van der Waals surface area contributed by atoms with Crippen LogP contribution in [-0.4, -0.2) is 15.9 Å². The highest BCUT2D eigenvalue weighted by atomic mass is 32.1. The van der Waals surface area contributed by atoms with Crippen LogP contribution in [-0.2, 0) is 4.79 Å². The molecule has 1 saturated heterocycles. The second kappa shape index (κ2) is 6.45. The van der Waals surface area contributed by atoms with E-state index in [0.717, 1.165) is 5.56 Å². The topological polar surface area (TPSA) is 75.5 Å². The number of benzene rings is 2. The summed E-state index contributed by atoms with van der Waals surface area (Å²) < 4.78 is 0. The van der Waals surface area contributed by atoms with Crippen LogP contribution in [0, 0.1) is 24.0 Å². The molecule has 126 valence electrons. The average molecular weight is 353 g/mol. The molecule has 2 aromatic rings. The lowest BCUT2D eigenvalue weighted by Crippen LogP contribution is -2.30. The van der Waals surface area contributed by atoms with Crippen molar-refractivity contribution in [2.45, 2.75) is 13.8 Å². The van der Waals surface area contributed by atoms with Crippen LogP contribution in [0.15, 0.2) is 48.2 Å². The number of carbonyl (C=O) groups excluding carboxylic acids is 1. The molecular formula is C18H15N3O3S. The Morgan fingerprint density at radius 2 is 1.84 bits per heavy atom. The van der Waals surface area contributed by atoms with Crippen LogP contribution in [0.25, 0.3) is 6.08 Å². The number of nitrogens with zero attached hydrogens (tertiary/aromatic N) is 2. The standard InChI is InChI=1S/C18H15N3O3S/c1-11-3-7-14(8-4-11)20-17(22)15(19-18(20)25)9-13-6-5-12(2)16(10-13)21(23)24/h3-10H,1-2H3,(H,19,25)/b15-9+. The summed E-state index contributed by atoms with van der Waals surface area (Å²) in [5.41, 5.74) is 3.17. The lowest BCUT2D eigenvalue weighted by Gasteiger charge is -2.13. The molecule has 7 heteroatoms. The van der Waals surface area contributed by atoms with Gasteiger partial charge in [-0.1, -0.05) is 29.8 Å². The van der Waals surface area contributed by atoms with Crippen molar-refractivity contribution in [3.05, 3.63) is 75.0 Å². The van der Waals surface area contributed by atoms with Crippen LogP contribution >= 0.6 is 12.2 Å². The van der Waals surface area contributed by atoms with E-state index >= 15 is 0 Å². The quantitative estimate of drug-likeness (QED) is 0.396. The number of thiocarbonyl (C=S) groups is 1. The van der Waals surface area contributed by atoms with E-state index in [9.17, 15) is 14.9 Å². The summed E-state index contributed by atoms with van der Waals surface area (Å²) in [6, 6.07) is 12.3. The fraction of sp³-hybridized carbons (Fsp3) is 0.111. The molecular weight excluding hydrogens is 338 g/mol. The summed E-state index contributed by atoms with van der Waals surface area (Å²) in [5.74, 6) is -0.294. The largest absolute Gasteiger partial charge is 0.327 e. The van der Waals surface area contributed by atoms with Gasteiger partial charge in [-0.15, -0.1) is 0 Å². The Bertz CT molecular complexity index is 920. The Kier molecular flexibility index (Phi) is 4.33. The van der Waals surface area contributed by atoms with E-state index in [4.69, 9.17) is 12.2 Å². The number of nitro groups is 1. The Balaban J connectivity index is 1.94. The zero-order valence-electron chi connectivity index (χ0n) is 13.6. The molecule has 0 unspecified atom stereocenters. The predicted molar refractivity (Wildman–Crippen MR) is 100 cm³/mol. The number of aryl methyl sites for hydroxylation is 2. The van der Waals surface area contributed by atoms with Crippen molar-refractivity contribution in [2.75, 3.05) is 4.90 Å². The van der Waals surface area contributed by atoms with Crippen molar-refractivity contribution < 1.29 is 9.72 Å². The van der Waals surface area contributed by atoms with Crippen molar-refractivity contribution in [3.8, 4) is 0 Å². The van der Waals surface area contributed by atoms with Crippen LogP contribution in [0.4, 0.5) is 11.4 Å². The molecule has 1 heterocycles. The van der Waals surface area contributed by atoms with Crippen LogP contribution in [0.2, 0.25) is 0 Å². The van der Waals surface area contributed by atoms with Gasteiger partial charge in [-0.2, -0.15) is 0 Å². The van der Waals surface area contributed by atoms with Crippen molar-refractivity contribution in [1.29, 1.82) is 0 Å². The third-order valence-electron chi connectivity index (χ3n) is 3.91. The van der Waals surface area contributed by atoms with Crippen LogP contribution < -0.4 is 10.2 Å². The third kappa shape index (κ3) is 3.27. The molecule has 0 aliphatic carbocycles. The van der Waals surface area contributed by atoms with Crippen molar-refractivity contribution >= 4 is 40.7 Å². The van der Waals surface area contributed by atoms with Gasteiger partial charge in [0, 0.05) is 11.6 Å². The second-order valence-electron chi connectivity index (χ2n) is 5.77. The average Bonchev–Trinajstić information content (AvgIpc) is 2.84. The Morgan fingerprint density at radius 1 is 1.16 bits per heavy atom. The van der Waals surface area contributed by atoms with Crippen molar-refractivity contribution in [1.82, 2.24) is 5.32 Å². The van der Waals surface area contributed by atoms with Gasteiger partial charge >= 0.3 is 0 Å². The smallest absolute Gasteiger partial charge is 0.281 e. The lowest BCUT2D eigenvalue weighted by atomic mass is 10.1. The van der Waals surface area contributed by atoms with E-state index in [1.165, 1.54) is 11.0 Å². The number of amides is 1. The molecule has 0 atom stereocenters. The maximum absolute atomic E-state index is 12.7. The van der Waals surface area contributed by atoms with E-state index < -0.39 is 4.92 Å². The van der Waals surface area contributed by atoms with Crippen LogP contribution in [0.3, 0.4) is 0 Å². The molecule has 25 heavy (non-hydrogen) atoms. The van der Waals surface area contributed by atoms with Crippen LogP contribution in [0.1, 0.15) is 16.7 Å². The summed E-state index contributed by atoms with van der Waals surface area (Å²) >= 11 is 5.26. The predicted octanol–water partition coefficient (Wildman–Crippen LogP) is 3.47. The number of hydrogen-bond donors (Lipinski definition) is 1. The molecule has 1 N–H and O–H groups in total. The molecule has 1 amide bonds. The van der Waals surface area contributed by atoms with Gasteiger partial charge in [0.1, 0.15) is 5.70 Å². The zero-order chi connectivity index (χ0) is 18.1. The van der Waals surface area contributed by atoms with E-state index in [-0.39, 0.29) is 22.4 Å². The summed E-state index contributed by atoms with van der Waals surface area (Å²) in [6.07, 6.45) is 1.56. The fourth-order valence-electron chi connectivity index (χ4n) is 2.54. The normalized spacial score (nSPS) is 15.6. The summed E-state index contributed by atoms with van der Waals surface area (Å²) in [5, 5.41) is 14.2. The van der Waals surface area contributed by atoms with Gasteiger partial charge < -0.3 is 5.32 Å². The number of anilines is 1. The number of hydrogen-bond acceptors (Lipinski definition) is 4. The van der Waals surface area contributed by atoms with E-state index in [2.05, 4.69) is 5.32 Å². The first-order valence-corrected chi connectivity index (χ1v) is 7.96. The minimum Gasteiger partial charge on any atom is -0.327 e. The number of nitrogens with one attached hydrogen (secondary N) is 1. The molecule has 1 aliphatic rings. The SMILES string of the molecule is Cc1ccc(N2C(=O)/C(=C\c3ccc(C)c([N+](=O)[O-])c3)NC2=S)cc1. The first-order valence-electron chi connectivity index (χ1n) is 7.55. The minimum atomic E-state index is -0.440. The molecule has 1 fully saturated rings. The Hall–Kier alpha value is -3.06. The van der Waals surface area contributed by atoms with Gasteiger partial charge in [0.25, 0.3) is 11.6 Å². The van der Waals surface area contributed by atoms with Crippen molar-refractivity contribution in [3.63, 3.8) is 0 Å². The van der Waals surface area contributed by atoms with Crippen LogP contribution in [0.5, 0.6) is 0 Å². The van der Waals surface area contributed by atoms with Gasteiger partial charge in [0.2, 0.25) is 0 Å². The van der Waals surface area contributed by atoms with E-state index in [1.54, 1.807) is 25.1 Å². The van der Waals surface area contributed by atoms with Gasteiger partial charge in [-0.05, 0) is 49.8 Å². The highest BCUT2D eigenvalue weighted by molar-refractivity contribution is 7.80. The second-order valence-corrected chi connectivity index (χ2v) is 6.15. The van der Waals surface area contributed by atoms with Gasteiger partial charge in [-0.3, -0.25) is 19.8 Å². The molecule has 0 spiro atoms. The lowest BCUT2D eigenvalue weighted by molar-refractivity contribution is -0.385. The fourth-order valence-corrected chi connectivity index (χ4v) is 2.84. The Labute approximate surface area is 149 Å². The highest BCUT2D eigenvalue weighted by Gasteiger charge is 2.31. The van der Waals surface area contributed by atoms with Gasteiger partial charge in [0.05, 0.1) is 10.6 Å².